The fourth-order valence-corrected chi connectivity index (χ4v) is 2.51. The molecule has 1 unspecified atom stereocenters. The van der Waals surface area contributed by atoms with Crippen molar-refractivity contribution in [2.45, 2.75) is 6.42 Å². The number of anilines is 1. The van der Waals surface area contributed by atoms with Crippen molar-refractivity contribution in [1.82, 2.24) is 5.32 Å². The van der Waals surface area contributed by atoms with E-state index < -0.39 is 4.92 Å². The lowest BCUT2D eigenvalue weighted by Gasteiger charge is -2.20. The van der Waals surface area contributed by atoms with E-state index in [1.165, 1.54) is 6.07 Å². The number of nitro benzene ring substituents is 1. The predicted molar refractivity (Wildman–Crippen MR) is 73.6 cm³/mol. The molecule has 0 amide bonds. The van der Waals surface area contributed by atoms with Crippen LogP contribution in [0.1, 0.15) is 6.42 Å². The van der Waals surface area contributed by atoms with Gasteiger partial charge in [0.25, 0.3) is 5.69 Å². The number of hydrogen-bond donors (Lipinski definition) is 2. The second kappa shape index (κ2) is 5.54. The molecule has 1 atom stereocenters. The normalized spacial score (nSPS) is 20.7. The number of benzene rings is 1. The summed E-state index contributed by atoms with van der Waals surface area (Å²) in [5.74, 6) is 1.51. The molecule has 2 aliphatic heterocycles. The highest BCUT2D eigenvalue weighted by molar-refractivity contribution is 5.68. The standard InChI is InChI=1S/C13H17N3O4/c17-16(18)11-6-13-12(19-3-4-20-13)5-10(11)15-8-9-1-2-14-7-9/h5-6,9,14-15H,1-4,7-8H2. The third-order valence-electron chi connectivity index (χ3n) is 3.60. The molecule has 7 heteroatoms. The van der Waals surface area contributed by atoms with E-state index in [0.29, 0.717) is 42.9 Å². The van der Waals surface area contributed by atoms with Crippen molar-refractivity contribution in [3.8, 4) is 11.5 Å². The molecule has 20 heavy (non-hydrogen) atoms. The molecule has 2 aliphatic rings. The highest BCUT2D eigenvalue weighted by Gasteiger charge is 2.23. The van der Waals surface area contributed by atoms with Crippen molar-refractivity contribution >= 4 is 11.4 Å². The maximum absolute atomic E-state index is 11.2. The van der Waals surface area contributed by atoms with Crippen LogP contribution >= 0.6 is 0 Å². The quantitative estimate of drug-likeness (QED) is 0.640. The Labute approximate surface area is 116 Å². The Morgan fingerprint density at radius 3 is 2.75 bits per heavy atom. The zero-order valence-electron chi connectivity index (χ0n) is 11.1. The van der Waals surface area contributed by atoms with E-state index in [0.717, 1.165) is 19.5 Å². The fraction of sp³-hybridized carbons (Fsp3) is 0.538. The summed E-state index contributed by atoms with van der Waals surface area (Å²) in [6, 6.07) is 3.10. The van der Waals surface area contributed by atoms with Crippen molar-refractivity contribution in [1.29, 1.82) is 0 Å². The summed E-state index contributed by atoms with van der Waals surface area (Å²) in [6.45, 7) is 3.57. The number of fused-ring (bicyclic) bond motifs is 1. The van der Waals surface area contributed by atoms with E-state index in [2.05, 4.69) is 10.6 Å². The van der Waals surface area contributed by atoms with Gasteiger partial charge < -0.3 is 20.1 Å². The van der Waals surface area contributed by atoms with Gasteiger partial charge >= 0.3 is 0 Å². The van der Waals surface area contributed by atoms with Crippen LogP contribution in [0.25, 0.3) is 0 Å². The third kappa shape index (κ3) is 2.62. The minimum Gasteiger partial charge on any atom is -0.486 e. The molecule has 108 valence electrons. The molecular weight excluding hydrogens is 262 g/mol. The van der Waals surface area contributed by atoms with Crippen LogP contribution in [0.3, 0.4) is 0 Å². The van der Waals surface area contributed by atoms with Crippen molar-refractivity contribution < 1.29 is 14.4 Å². The van der Waals surface area contributed by atoms with Gasteiger partial charge in [-0.05, 0) is 25.4 Å². The fourth-order valence-electron chi connectivity index (χ4n) is 2.51. The van der Waals surface area contributed by atoms with Crippen LogP contribution in [-0.4, -0.2) is 37.8 Å². The first-order chi connectivity index (χ1) is 9.74. The van der Waals surface area contributed by atoms with E-state index in [4.69, 9.17) is 9.47 Å². The Morgan fingerprint density at radius 1 is 1.35 bits per heavy atom. The summed E-state index contributed by atoms with van der Waals surface area (Å²) < 4.78 is 10.9. The Morgan fingerprint density at radius 2 is 2.10 bits per heavy atom. The van der Waals surface area contributed by atoms with Gasteiger partial charge in [-0.15, -0.1) is 0 Å². The van der Waals surface area contributed by atoms with Gasteiger partial charge in [-0.25, -0.2) is 0 Å². The molecule has 0 aliphatic carbocycles. The molecule has 1 saturated heterocycles. The minimum absolute atomic E-state index is 0.0280. The van der Waals surface area contributed by atoms with Crippen molar-refractivity contribution in [3.63, 3.8) is 0 Å². The molecule has 0 bridgehead atoms. The Kier molecular flexibility index (Phi) is 3.60. The van der Waals surface area contributed by atoms with Crippen LogP contribution in [-0.2, 0) is 0 Å². The molecular formula is C13H17N3O4. The zero-order chi connectivity index (χ0) is 13.9. The van der Waals surface area contributed by atoms with Crippen LogP contribution < -0.4 is 20.1 Å². The van der Waals surface area contributed by atoms with Crippen LogP contribution in [0.5, 0.6) is 11.5 Å². The molecule has 2 N–H and O–H groups in total. The number of nitro groups is 1. The van der Waals surface area contributed by atoms with Gasteiger partial charge in [-0.3, -0.25) is 10.1 Å². The van der Waals surface area contributed by atoms with Crippen molar-refractivity contribution in [2.75, 3.05) is 38.2 Å². The lowest BCUT2D eigenvalue weighted by atomic mass is 10.1. The summed E-state index contributed by atoms with van der Waals surface area (Å²) in [5.41, 5.74) is 0.520. The molecule has 1 fully saturated rings. The average molecular weight is 279 g/mol. The van der Waals surface area contributed by atoms with E-state index in [9.17, 15) is 10.1 Å². The number of ether oxygens (including phenoxy) is 2. The van der Waals surface area contributed by atoms with Crippen molar-refractivity contribution in [3.05, 3.63) is 22.2 Å². The monoisotopic (exact) mass is 279 g/mol. The van der Waals surface area contributed by atoms with Gasteiger partial charge in [-0.1, -0.05) is 0 Å². The maximum Gasteiger partial charge on any atom is 0.296 e. The van der Waals surface area contributed by atoms with Crippen LogP contribution in [0.4, 0.5) is 11.4 Å². The lowest BCUT2D eigenvalue weighted by Crippen LogP contribution is -2.19. The zero-order valence-corrected chi connectivity index (χ0v) is 11.1. The Balaban J connectivity index is 1.81. The van der Waals surface area contributed by atoms with E-state index in [-0.39, 0.29) is 5.69 Å². The first-order valence-electron chi connectivity index (χ1n) is 6.76. The smallest absolute Gasteiger partial charge is 0.296 e. The highest BCUT2D eigenvalue weighted by atomic mass is 16.6. The number of nitrogens with one attached hydrogen (secondary N) is 2. The number of hydrogen-bond acceptors (Lipinski definition) is 6. The van der Waals surface area contributed by atoms with Gasteiger partial charge in [0.15, 0.2) is 11.5 Å². The second-order valence-corrected chi connectivity index (χ2v) is 5.01. The van der Waals surface area contributed by atoms with Crippen molar-refractivity contribution in [2.24, 2.45) is 5.92 Å². The molecule has 1 aromatic rings. The first kappa shape index (κ1) is 13.0. The summed E-state index contributed by atoms with van der Waals surface area (Å²) in [4.78, 5) is 10.8. The average Bonchev–Trinajstić information content (AvgIpc) is 2.97. The second-order valence-electron chi connectivity index (χ2n) is 5.01. The van der Waals surface area contributed by atoms with Gasteiger partial charge in [-0.2, -0.15) is 0 Å². The molecule has 1 aromatic carbocycles. The molecule has 0 saturated carbocycles. The molecule has 0 radical (unpaired) electrons. The largest absolute Gasteiger partial charge is 0.486 e. The van der Waals surface area contributed by atoms with Gasteiger partial charge in [0.05, 0.1) is 11.0 Å². The van der Waals surface area contributed by atoms with Crippen LogP contribution in [0.2, 0.25) is 0 Å². The third-order valence-corrected chi connectivity index (χ3v) is 3.60. The first-order valence-corrected chi connectivity index (χ1v) is 6.76. The summed E-state index contributed by atoms with van der Waals surface area (Å²) >= 11 is 0. The van der Waals surface area contributed by atoms with E-state index in [1.54, 1.807) is 6.07 Å². The maximum atomic E-state index is 11.2. The van der Waals surface area contributed by atoms with E-state index in [1.807, 2.05) is 0 Å². The molecule has 3 rings (SSSR count). The topological polar surface area (TPSA) is 85.7 Å². The molecule has 0 spiro atoms. The summed E-state index contributed by atoms with van der Waals surface area (Å²) in [7, 11) is 0. The van der Waals surface area contributed by atoms with Gasteiger partial charge in [0, 0.05) is 12.6 Å². The molecule has 7 nitrogen and oxygen atoms in total. The summed E-state index contributed by atoms with van der Waals surface area (Å²) in [6.07, 6.45) is 1.09. The predicted octanol–water partition coefficient (Wildman–Crippen LogP) is 1.39. The number of nitrogens with zero attached hydrogens (tertiary/aromatic N) is 1. The molecule has 0 aromatic heterocycles. The van der Waals surface area contributed by atoms with Gasteiger partial charge in [0.1, 0.15) is 18.9 Å². The minimum atomic E-state index is -0.395. The van der Waals surface area contributed by atoms with Crippen LogP contribution in [0.15, 0.2) is 12.1 Å². The van der Waals surface area contributed by atoms with E-state index >= 15 is 0 Å². The number of rotatable bonds is 4. The highest BCUT2D eigenvalue weighted by Crippen LogP contribution is 2.39. The Hall–Kier alpha value is -2.02. The van der Waals surface area contributed by atoms with Gasteiger partial charge in [0.2, 0.25) is 0 Å². The lowest BCUT2D eigenvalue weighted by molar-refractivity contribution is -0.384. The molecule has 2 heterocycles. The Bertz CT molecular complexity index is 515. The van der Waals surface area contributed by atoms with Crippen LogP contribution in [0, 0.1) is 16.0 Å². The SMILES string of the molecule is O=[N+]([O-])c1cc2c(cc1NCC1CCNC1)OCCO2. The summed E-state index contributed by atoms with van der Waals surface area (Å²) in [5, 5.41) is 17.6.